The highest BCUT2D eigenvalue weighted by molar-refractivity contribution is 9.10. The number of benzene rings is 2. The SMILES string of the molecule is COc1ccc(OCc2cccc(Cl)c2F)c(Br)c1. The average molecular weight is 346 g/mol. The van der Waals surface area contributed by atoms with Crippen LogP contribution in [0, 0.1) is 5.82 Å². The summed E-state index contributed by atoms with van der Waals surface area (Å²) in [6.07, 6.45) is 0. The lowest BCUT2D eigenvalue weighted by Gasteiger charge is -2.10. The van der Waals surface area contributed by atoms with Gasteiger partial charge in [-0.05, 0) is 40.2 Å². The van der Waals surface area contributed by atoms with Crippen LogP contribution in [0.2, 0.25) is 5.02 Å². The van der Waals surface area contributed by atoms with Crippen LogP contribution in [0.5, 0.6) is 11.5 Å². The lowest BCUT2D eigenvalue weighted by atomic mass is 10.2. The molecule has 0 saturated carbocycles. The Labute approximate surface area is 124 Å². The first-order chi connectivity index (χ1) is 9.11. The minimum absolute atomic E-state index is 0.0925. The van der Waals surface area contributed by atoms with E-state index in [1.807, 2.05) is 0 Å². The van der Waals surface area contributed by atoms with Crippen molar-refractivity contribution >= 4 is 27.5 Å². The lowest BCUT2D eigenvalue weighted by Crippen LogP contribution is -1.99. The molecule has 2 nitrogen and oxygen atoms in total. The van der Waals surface area contributed by atoms with Crippen molar-refractivity contribution in [3.05, 3.63) is 57.3 Å². The zero-order valence-electron chi connectivity index (χ0n) is 10.1. The number of halogens is 3. The molecule has 0 bridgehead atoms. The van der Waals surface area contributed by atoms with Crippen LogP contribution < -0.4 is 9.47 Å². The third-order valence-electron chi connectivity index (χ3n) is 2.55. The number of rotatable bonds is 4. The standard InChI is InChI=1S/C14H11BrClFO2/c1-18-10-5-6-13(11(15)7-10)19-8-9-3-2-4-12(16)14(9)17/h2-7H,8H2,1H3. The molecule has 19 heavy (non-hydrogen) atoms. The molecule has 100 valence electrons. The summed E-state index contributed by atoms with van der Waals surface area (Å²) in [4.78, 5) is 0. The summed E-state index contributed by atoms with van der Waals surface area (Å²) in [5.74, 6) is 0.877. The predicted octanol–water partition coefficient (Wildman–Crippen LogP) is 4.83. The number of hydrogen-bond donors (Lipinski definition) is 0. The van der Waals surface area contributed by atoms with Gasteiger partial charge in [-0.1, -0.05) is 23.7 Å². The van der Waals surface area contributed by atoms with Gasteiger partial charge in [0.2, 0.25) is 0 Å². The first-order valence-corrected chi connectivity index (χ1v) is 6.68. The first kappa shape index (κ1) is 14.2. The van der Waals surface area contributed by atoms with Crippen LogP contribution in [0.1, 0.15) is 5.56 Å². The Hall–Kier alpha value is -1.26. The minimum Gasteiger partial charge on any atom is -0.497 e. The van der Waals surface area contributed by atoms with E-state index in [1.54, 1.807) is 37.4 Å². The third kappa shape index (κ3) is 3.39. The molecule has 0 aliphatic heterocycles. The molecule has 0 saturated heterocycles. The van der Waals surface area contributed by atoms with Gasteiger partial charge in [0, 0.05) is 5.56 Å². The Bertz CT molecular complexity index is 590. The molecular weight excluding hydrogens is 335 g/mol. The Balaban J connectivity index is 2.12. The molecule has 0 atom stereocenters. The van der Waals surface area contributed by atoms with E-state index in [4.69, 9.17) is 21.1 Å². The van der Waals surface area contributed by atoms with Crippen molar-refractivity contribution in [2.75, 3.05) is 7.11 Å². The highest BCUT2D eigenvalue weighted by atomic mass is 79.9. The van der Waals surface area contributed by atoms with Crippen molar-refractivity contribution in [2.24, 2.45) is 0 Å². The fourth-order valence-corrected chi connectivity index (χ4v) is 2.21. The van der Waals surface area contributed by atoms with E-state index >= 15 is 0 Å². The summed E-state index contributed by atoms with van der Waals surface area (Å²) in [7, 11) is 1.59. The molecule has 0 radical (unpaired) electrons. The molecular formula is C14H11BrClFO2. The molecule has 0 aromatic heterocycles. The molecule has 0 aliphatic rings. The maximum Gasteiger partial charge on any atom is 0.148 e. The van der Waals surface area contributed by atoms with Gasteiger partial charge in [-0.3, -0.25) is 0 Å². The van der Waals surface area contributed by atoms with E-state index in [0.29, 0.717) is 17.1 Å². The van der Waals surface area contributed by atoms with Crippen LogP contribution in [0.15, 0.2) is 40.9 Å². The van der Waals surface area contributed by atoms with E-state index in [0.717, 1.165) is 4.47 Å². The van der Waals surface area contributed by atoms with Crippen LogP contribution in [-0.4, -0.2) is 7.11 Å². The highest BCUT2D eigenvalue weighted by Crippen LogP contribution is 2.30. The van der Waals surface area contributed by atoms with E-state index in [-0.39, 0.29) is 11.6 Å². The predicted molar refractivity (Wildman–Crippen MR) is 76.4 cm³/mol. The van der Waals surface area contributed by atoms with Gasteiger partial charge in [-0.2, -0.15) is 0 Å². The summed E-state index contributed by atoms with van der Waals surface area (Å²) < 4.78 is 25.1. The number of ether oxygens (including phenoxy) is 2. The van der Waals surface area contributed by atoms with Crippen LogP contribution in [0.25, 0.3) is 0 Å². The molecule has 0 fully saturated rings. The molecule has 5 heteroatoms. The van der Waals surface area contributed by atoms with Crippen molar-refractivity contribution in [1.29, 1.82) is 0 Å². The van der Waals surface area contributed by atoms with E-state index in [1.165, 1.54) is 6.07 Å². The normalized spacial score (nSPS) is 10.3. The molecule has 2 aromatic rings. The van der Waals surface area contributed by atoms with Gasteiger partial charge < -0.3 is 9.47 Å². The average Bonchev–Trinajstić information content (AvgIpc) is 2.41. The monoisotopic (exact) mass is 344 g/mol. The number of hydrogen-bond acceptors (Lipinski definition) is 2. The second kappa shape index (κ2) is 6.26. The largest absolute Gasteiger partial charge is 0.497 e. The van der Waals surface area contributed by atoms with Crippen molar-refractivity contribution in [1.82, 2.24) is 0 Å². The summed E-state index contributed by atoms with van der Waals surface area (Å²) in [6, 6.07) is 10.1. The Morgan fingerprint density at radius 3 is 2.74 bits per heavy atom. The smallest absolute Gasteiger partial charge is 0.148 e. The van der Waals surface area contributed by atoms with Gasteiger partial charge in [-0.15, -0.1) is 0 Å². The van der Waals surface area contributed by atoms with E-state index < -0.39 is 5.82 Å². The molecule has 0 spiro atoms. The van der Waals surface area contributed by atoms with Gasteiger partial charge >= 0.3 is 0 Å². The van der Waals surface area contributed by atoms with Crippen LogP contribution >= 0.6 is 27.5 Å². The third-order valence-corrected chi connectivity index (χ3v) is 3.47. The Morgan fingerprint density at radius 1 is 1.26 bits per heavy atom. The Kier molecular flexibility index (Phi) is 4.66. The van der Waals surface area contributed by atoms with Gasteiger partial charge in [0.1, 0.15) is 23.9 Å². The van der Waals surface area contributed by atoms with Crippen LogP contribution in [0.3, 0.4) is 0 Å². The summed E-state index contributed by atoms with van der Waals surface area (Å²) in [6.45, 7) is 0.108. The Morgan fingerprint density at radius 2 is 2.05 bits per heavy atom. The first-order valence-electron chi connectivity index (χ1n) is 5.51. The second-order valence-corrected chi connectivity index (χ2v) is 5.06. The van der Waals surface area contributed by atoms with Crippen LogP contribution in [0.4, 0.5) is 4.39 Å². The van der Waals surface area contributed by atoms with Gasteiger partial charge in [0.15, 0.2) is 0 Å². The molecule has 0 N–H and O–H groups in total. The fourth-order valence-electron chi connectivity index (χ4n) is 1.54. The minimum atomic E-state index is -0.450. The van der Waals surface area contributed by atoms with Gasteiger partial charge in [0.05, 0.1) is 16.6 Å². The van der Waals surface area contributed by atoms with Crippen molar-refractivity contribution in [2.45, 2.75) is 6.61 Å². The maximum absolute atomic E-state index is 13.7. The summed E-state index contributed by atoms with van der Waals surface area (Å²) in [5, 5.41) is 0.0925. The molecule has 0 heterocycles. The molecule has 0 unspecified atom stereocenters. The summed E-state index contributed by atoms with van der Waals surface area (Å²) in [5.41, 5.74) is 0.412. The fraction of sp³-hybridized carbons (Fsp3) is 0.143. The molecule has 2 aromatic carbocycles. The highest BCUT2D eigenvalue weighted by Gasteiger charge is 2.08. The molecule has 0 amide bonds. The van der Waals surface area contributed by atoms with Crippen molar-refractivity contribution in [3.63, 3.8) is 0 Å². The van der Waals surface area contributed by atoms with E-state index in [2.05, 4.69) is 15.9 Å². The maximum atomic E-state index is 13.7. The van der Waals surface area contributed by atoms with Gasteiger partial charge in [-0.25, -0.2) is 4.39 Å². The topological polar surface area (TPSA) is 18.5 Å². The van der Waals surface area contributed by atoms with Crippen LogP contribution in [-0.2, 0) is 6.61 Å². The zero-order valence-corrected chi connectivity index (χ0v) is 12.5. The van der Waals surface area contributed by atoms with E-state index in [9.17, 15) is 4.39 Å². The molecule has 0 aliphatic carbocycles. The summed E-state index contributed by atoms with van der Waals surface area (Å²) >= 11 is 9.08. The second-order valence-electron chi connectivity index (χ2n) is 3.80. The number of methoxy groups -OCH3 is 1. The zero-order chi connectivity index (χ0) is 13.8. The quantitative estimate of drug-likeness (QED) is 0.790. The van der Waals surface area contributed by atoms with Crippen molar-refractivity contribution < 1.29 is 13.9 Å². The van der Waals surface area contributed by atoms with Gasteiger partial charge in [0.25, 0.3) is 0 Å². The lowest BCUT2D eigenvalue weighted by molar-refractivity contribution is 0.297. The molecule has 2 rings (SSSR count). The van der Waals surface area contributed by atoms with Crippen molar-refractivity contribution in [3.8, 4) is 11.5 Å².